The van der Waals surface area contributed by atoms with E-state index in [1.54, 1.807) is 10.4 Å². The average molecular weight is 238 g/mol. The molecule has 0 nitrogen and oxygen atoms in total. The molecule has 0 aliphatic carbocycles. The molecule has 0 saturated carbocycles. The zero-order chi connectivity index (χ0) is 10.8. The first-order chi connectivity index (χ1) is 7.93. The zero-order valence-corrected chi connectivity index (χ0v) is 11.2. The van der Waals surface area contributed by atoms with Gasteiger partial charge in [-0.15, -0.1) is 0 Å². The van der Waals surface area contributed by atoms with Crippen molar-refractivity contribution in [2.45, 2.75) is 11.3 Å². The quantitative estimate of drug-likeness (QED) is 0.701. The van der Waals surface area contributed by atoms with E-state index >= 15 is 0 Å². The minimum Gasteiger partial charge on any atom is -0.0633 e. The molecule has 1 fully saturated rings. The summed E-state index contributed by atoms with van der Waals surface area (Å²) in [6.45, 7) is 0. The molecule has 78 valence electrons. The second-order valence-corrected chi connectivity index (χ2v) is 10.7. The molecule has 0 aromatic heterocycles. The molecule has 2 heteroatoms. The van der Waals surface area contributed by atoms with Crippen LogP contribution in [-0.4, -0.2) is 17.6 Å². The van der Waals surface area contributed by atoms with Crippen LogP contribution in [0.4, 0.5) is 0 Å². The SMILES string of the molecule is c1ccc([Si]2C[Si](c3ccccc3)C2)cc1. The first-order valence-electron chi connectivity index (χ1n) is 5.74. The Bertz CT molecular complexity index is 403. The van der Waals surface area contributed by atoms with Crippen LogP contribution in [0.25, 0.3) is 0 Å². The van der Waals surface area contributed by atoms with Crippen LogP contribution >= 0.6 is 0 Å². The Morgan fingerprint density at radius 2 is 0.938 bits per heavy atom. The van der Waals surface area contributed by atoms with Crippen molar-refractivity contribution < 1.29 is 0 Å². The lowest BCUT2D eigenvalue weighted by atomic mass is 10.4. The molecule has 0 N–H and O–H groups in total. The molecule has 1 aliphatic rings. The van der Waals surface area contributed by atoms with Crippen LogP contribution < -0.4 is 10.4 Å². The molecule has 0 atom stereocenters. The summed E-state index contributed by atoms with van der Waals surface area (Å²) in [7, 11) is -0.352. The van der Waals surface area contributed by atoms with Gasteiger partial charge in [-0.1, -0.05) is 82.4 Å². The monoisotopic (exact) mass is 238 g/mol. The van der Waals surface area contributed by atoms with E-state index in [0.29, 0.717) is 0 Å². The van der Waals surface area contributed by atoms with E-state index in [2.05, 4.69) is 60.7 Å². The number of benzene rings is 2. The molecular formula is C14H14Si2. The summed E-state index contributed by atoms with van der Waals surface area (Å²) in [4.78, 5) is 0. The lowest BCUT2D eigenvalue weighted by Gasteiger charge is -2.33. The number of hydrogen-bond donors (Lipinski definition) is 0. The van der Waals surface area contributed by atoms with E-state index < -0.39 is 0 Å². The predicted molar refractivity (Wildman–Crippen MR) is 73.3 cm³/mol. The lowest BCUT2D eigenvalue weighted by molar-refractivity contribution is 1.54. The van der Waals surface area contributed by atoms with Crippen molar-refractivity contribution in [3.63, 3.8) is 0 Å². The second kappa shape index (κ2) is 4.39. The second-order valence-electron chi connectivity index (χ2n) is 4.29. The van der Waals surface area contributed by atoms with E-state index in [0.717, 1.165) is 0 Å². The van der Waals surface area contributed by atoms with Gasteiger partial charge in [0, 0.05) is 0 Å². The summed E-state index contributed by atoms with van der Waals surface area (Å²) in [6.07, 6.45) is 0. The van der Waals surface area contributed by atoms with Crippen molar-refractivity contribution in [2.75, 3.05) is 0 Å². The Kier molecular flexibility index (Phi) is 2.76. The van der Waals surface area contributed by atoms with Crippen molar-refractivity contribution >= 4 is 28.0 Å². The van der Waals surface area contributed by atoms with E-state index in [9.17, 15) is 0 Å². The predicted octanol–water partition coefficient (Wildman–Crippen LogP) is 1.88. The van der Waals surface area contributed by atoms with Gasteiger partial charge in [0.25, 0.3) is 0 Å². The average Bonchev–Trinajstić information content (AvgIpc) is 2.30. The molecular weight excluding hydrogens is 224 g/mol. The highest BCUT2D eigenvalue weighted by atomic mass is 28.4. The molecule has 2 radical (unpaired) electrons. The smallest absolute Gasteiger partial charge is 0.0633 e. The van der Waals surface area contributed by atoms with Crippen molar-refractivity contribution in [1.29, 1.82) is 0 Å². The Labute approximate surface area is 100 Å². The van der Waals surface area contributed by atoms with Gasteiger partial charge in [-0.3, -0.25) is 0 Å². The van der Waals surface area contributed by atoms with E-state index in [4.69, 9.17) is 0 Å². The van der Waals surface area contributed by atoms with E-state index in [1.807, 2.05) is 0 Å². The van der Waals surface area contributed by atoms with E-state index in [-0.39, 0.29) is 17.6 Å². The highest BCUT2D eigenvalue weighted by Crippen LogP contribution is 2.19. The van der Waals surface area contributed by atoms with Gasteiger partial charge in [-0.05, 0) is 0 Å². The first-order valence-corrected chi connectivity index (χ1v) is 9.56. The van der Waals surface area contributed by atoms with Gasteiger partial charge in [0.05, 0.1) is 17.6 Å². The first kappa shape index (κ1) is 10.1. The standard InChI is InChI=1S/C14H14Si2/c1-3-7-13(8-4-1)15-11-16(12-15)14-9-5-2-6-10-14/h1-10H,11-12H2. The van der Waals surface area contributed by atoms with Crippen LogP contribution in [-0.2, 0) is 0 Å². The van der Waals surface area contributed by atoms with Crippen molar-refractivity contribution in [2.24, 2.45) is 0 Å². The molecule has 16 heavy (non-hydrogen) atoms. The van der Waals surface area contributed by atoms with Crippen LogP contribution in [0, 0.1) is 0 Å². The zero-order valence-electron chi connectivity index (χ0n) is 9.19. The van der Waals surface area contributed by atoms with E-state index in [1.165, 1.54) is 11.3 Å². The minimum absolute atomic E-state index is 0.176. The fraction of sp³-hybridized carbons (Fsp3) is 0.143. The number of hydrogen-bond acceptors (Lipinski definition) is 0. The van der Waals surface area contributed by atoms with Gasteiger partial charge in [-0.2, -0.15) is 0 Å². The van der Waals surface area contributed by atoms with Gasteiger partial charge >= 0.3 is 0 Å². The molecule has 3 rings (SSSR count). The van der Waals surface area contributed by atoms with Gasteiger partial charge in [-0.25, -0.2) is 0 Å². The maximum Gasteiger partial charge on any atom is 0.0803 e. The van der Waals surface area contributed by atoms with Crippen molar-refractivity contribution in [3.8, 4) is 0 Å². The summed E-state index contributed by atoms with van der Waals surface area (Å²) < 4.78 is 0. The summed E-state index contributed by atoms with van der Waals surface area (Å²) in [6, 6.07) is 22.2. The fourth-order valence-corrected chi connectivity index (χ4v) is 10.5. The number of rotatable bonds is 2. The molecule has 1 heterocycles. The molecule has 0 spiro atoms. The molecule has 0 unspecified atom stereocenters. The largest absolute Gasteiger partial charge is 0.0803 e. The third kappa shape index (κ3) is 1.90. The van der Waals surface area contributed by atoms with Crippen LogP contribution in [0.15, 0.2) is 60.7 Å². The Hall–Kier alpha value is -1.13. The van der Waals surface area contributed by atoms with Crippen LogP contribution in [0.3, 0.4) is 0 Å². The summed E-state index contributed by atoms with van der Waals surface area (Å²) in [5, 5.41) is 3.27. The fourth-order valence-electron chi connectivity index (χ4n) is 2.22. The summed E-state index contributed by atoms with van der Waals surface area (Å²) in [5.41, 5.74) is 3.03. The molecule has 0 bridgehead atoms. The molecule has 1 aliphatic heterocycles. The Morgan fingerprint density at radius 1 is 0.562 bits per heavy atom. The van der Waals surface area contributed by atoms with Gasteiger partial charge in [0.2, 0.25) is 0 Å². The Balaban J connectivity index is 1.68. The maximum absolute atomic E-state index is 2.32. The maximum atomic E-state index is 2.32. The normalized spacial score (nSPS) is 17.0. The van der Waals surface area contributed by atoms with Crippen LogP contribution in [0.1, 0.15) is 0 Å². The highest BCUT2D eigenvalue weighted by molar-refractivity contribution is 7.06. The molecule has 2 aromatic rings. The highest BCUT2D eigenvalue weighted by Gasteiger charge is 2.34. The van der Waals surface area contributed by atoms with Crippen LogP contribution in [0.5, 0.6) is 0 Å². The van der Waals surface area contributed by atoms with Crippen molar-refractivity contribution in [3.05, 3.63) is 60.7 Å². The summed E-state index contributed by atoms with van der Waals surface area (Å²) >= 11 is 0. The third-order valence-corrected chi connectivity index (χ3v) is 12.3. The third-order valence-electron chi connectivity index (χ3n) is 3.22. The van der Waals surface area contributed by atoms with Gasteiger partial charge in [0.1, 0.15) is 0 Å². The topological polar surface area (TPSA) is 0 Å². The minimum atomic E-state index is -0.176. The van der Waals surface area contributed by atoms with Gasteiger partial charge < -0.3 is 0 Å². The summed E-state index contributed by atoms with van der Waals surface area (Å²) in [5.74, 6) is 0. The molecule has 2 aromatic carbocycles. The van der Waals surface area contributed by atoms with Gasteiger partial charge in [0.15, 0.2) is 0 Å². The Morgan fingerprint density at radius 3 is 1.31 bits per heavy atom. The molecule has 1 saturated heterocycles. The lowest BCUT2D eigenvalue weighted by Crippen LogP contribution is -2.53. The van der Waals surface area contributed by atoms with Crippen molar-refractivity contribution in [1.82, 2.24) is 0 Å². The van der Waals surface area contributed by atoms with Crippen LogP contribution in [0.2, 0.25) is 11.3 Å². The molecule has 0 amide bonds.